The van der Waals surface area contributed by atoms with Crippen LogP contribution >= 0.6 is 34.8 Å². The lowest BCUT2D eigenvalue weighted by Crippen LogP contribution is -2.43. The van der Waals surface area contributed by atoms with Gasteiger partial charge in [0.15, 0.2) is 0 Å². The predicted octanol–water partition coefficient (Wildman–Crippen LogP) is 2.29. The number of rotatable bonds is 2. The first-order valence-electron chi connectivity index (χ1n) is 3.69. The van der Waals surface area contributed by atoms with Crippen molar-refractivity contribution in [3.05, 3.63) is 0 Å². The molecule has 3 nitrogen and oxygen atoms in total. The summed E-state index contributed by atoms with van der Waals surface area (Å²) in [5.41, 5.74) is 2.86. The number of nitrogens with one attached hydrogen (secondary N) is 1. The third-order valence-electron chi connectivity index (χ3n) is 1.60. The van der Waals surface area contributed by atoms with Gasteiger partial charge in [0, 0.05) is 0 Å². The van der Waals surface area contributed by atoms with Gasteiger partial charge in [-0.1, -0.05) is 48.1 Å². The van der Waals surface area contributed by atoms with Gasteiger partial charge >= 0.3 is 0 Å². The van der Waals surface area contributed by atoms with Crippen LogP contribution in [0.2, 0.25) is 0 Å². The molecule has 0 radical (unpaired) electrons. The molecule has 12 heavy (non-hydrogen) atoms. The van der Waals surface area contributed by atoms with Crippen molar-refractivity contribution in [3.8, 4) is 0 Å². The zero-order valence-corrected chi connectivity index (χ0v) is 8.87. The van der Waals surface area contributed by atoms with E-state index in [-0.39, 0.29) is 6.17 Å². The fourth-order valence-corrected chi connectivity index (χ4v) is 1.53. The molecule has 0 saturated carbocycles. The maximum absolute atomic E-state index is 5.70. The maximum Gasteiger partial charge on any atom is 0.270 e. The van der Waals surface area contributed by atoms with Crippen molar-refractivity contribution >= 4 is 41.1 Å². The molecule has 0 amide bonds. The zero-order chi connectivity index (χ0) is 9.19. The van der Waals surface area contributed by atoms with Gasteiger partial charge in [-0.3, -0.25) is 10.3 Å². The lowest BCUT2D eigenvalue weighted by atomic mass is 10.3. The third-order valence-corrected chi connectivity index (χ3v) is 2.18. The molecule has 1 heterocycles. The summed E-state index contributed by atoms with van der Waals surface area (Å²) in [4.78, 5) is 1.57. The Labute approximate surface area is 86.6 Å². The molecule has 0 bridgehead atoms. The van der Waals surface area contributed by atoms with E-state index >= 15 is 0 Å². The van der Waals surface area contributed by atoms with Gasteiger partial charge in [-0.15, -0.1) is 0 Å². The first-order chi connectivity index (χ1) is 5.55. The van der Waals surface area contributed by atoms with Crippen LogP contribution in [-0.4, -0.2) is 21.3 Å². The summed E-state index contributed by atoms with van der Waals surface area (Å²) in [6.45, 7) is 2.07. The average Bonchev–Trinajstić information content (AvgIpc) is 2.34. The third kappa shape index (κ3) is 2.31. The molecule has 0 saturated heterocycles. The second-order valence-electron chi connectivity index (χ2n) is 2.55. The number of hydrogen-bond donors (Lipinski definition) is 1. The van der Waals surface area contributed by atoms with Crippen LogP contribution in [0.3, 0.4) is 0 Å². The monoisotopic (exact) mass is 229 g/mol. The summed E-state index contributed by atoms with van der Waals surface area (Å²) in [5, 5.41) is 3.83. The van der Waals surface area contributed by atoms with Crippen LogP contribution < -0.4 is 5.43 Å². The van der Waals surface area contributed by atoms with E-state index in [1.165, 1.54) is 6.34 Å². The van der Waals surface area contributed by atoms with E-state index in [1.807, 2.05) is 0 Å². The second-order valence-corrected chi connectivity index (χ2v) is 4.77. The van der Waals surface area contributed by atoms with Gasteiger partial charge < -0.3 is 0 Å². The van der Waals surface area contributed by atoms with Gasteiger partial charge in [-0.2, -0.15) is 5.10 Å². The van der Waals surface area contributed by atoms with Gasteiger partial charge in [0.25, 0.3) is 3.92 Å². The standard InChI is InChI=1S/C6H10Cl3N3/c1-2-3-5-11-10-4-12(5)6(7,8)9/h4-5,11H,2-3H2,1H3. The minimum Gasteiger partial charge on any atom is -0.295 e. The first-order valence-corrected chi connectivity index (χ1v) is 4.83. The maximum atomic E-state index is 5.70. The summed E-state index contributed by atoms with van der Waals surface area (Å²) >= 11 is 17.1. The lowest BCUT2D eigenvalue weighted by Gasteiger charge is -2.29. The highest BCUT2D eigenvalue weighted by Crippen LogP contribution is 2.32. The minimum atomic E-state index is -1.41. The highest BCUT2D eigenvalue weighted by molar-refractivity contribution is 6.67. The molecule has 0 spiro atoms. The molecule has 1 unspecified atom stereocenters. The van der Waals surface area contributed by atoms with E-state index in [9.17, 15) is 0 Å². The fraction of sp³-hybridized carbons (Fsp3) is 0.833. The van der Waals surface area contributed by atoms with Crippen molar-refractivity contribution in [3.63, 3.8) is 0 Å². The fourth-order valence-electron chi connectivity index (χ4n) is 1.04. The quantitative estimate of drug-likeness (QED) is 0.582. The molecule has 0 fully saturated rings. The SMILES string of the molecule is CCCC1NN=CN1C(Cl)(Cl)Cl. The molecule has 70 valence electrons. The second kappa shape index (κ2) is 3.90. The van der Waals surface area contributed by atoms with Crippen molar-refractivity contribution < 1.29 is 0 Å². The number of hydrogen-bond acceptors (Lipinski definition) is 3. The summed E-state index contributed by atoms with van der Waals surface area (Å²) < 4.78 is -1.41. The summed E-state index contributed by atoms with van der Waals surface area (Å²) in [6, 6.07) is 0. The van der Waals surface area contributed by atoms with E-state index in [1.54, 1.807) is 4.90 Å². The van der Waals surface area contributed by atoms with E-state index in [4.69, 9.17) is 34.8 Å². The normalized spacial score (nSPS) is 23.0. The minimum absolute atomic E-state index is 0.00231. The Hall–Kier alpha value is 0.140. The summed E-state index contributed by atoms with van der Waals surface area (Å²) in [7, 11) is 0. The van der Waals surface area contributed by atoms with Gasteiger partial charge in [0.05, 0.1) is 0 Å². The molecule has 1 aliphatic heterocycles. The Kier molecular flexibility index (Phi) is 3.32. The van der Waals surface area contributed by atoms with Crippen LogP contribution in [0.25, 0.3) is 0 Å². The zero-order valence-electron chi connectivity index (χ0n) is 6.60. The molecule has 1 rings (SSSR count). The smallest absolute Gasteiger partial charge is 0.270 e. The highest BCUT2D eigenvalue weighted by Gasteiger charge is 2.35. The van der Waals surface area contributed by atoms with Crippen molar-refractivity contribution in [2.75, 3.05) is 0 Å². The van der Waals surface area contributed by atoms with Crippen LogP contribution in [0.1, 0.15) is 19.8 Å². The van der Waals surface area contributed by atoms with E-state index < -0.39 is 3.92 Å². The molecular formula is C6H10Cl3N3. The van der Waals surface area contributed by atoms with Gasteiger partial charge in [0.1, 0.15) is 12.5 Å². The number of halogens is 3. The predicted molar refractivity (Wildman–Crippen MR) is 52.5 cm³/mol. The molecule has 0 aromatic heterocycles. The summed E-state index contributed by atoms with van der Waals surface area (Å²) in [6.07, 6.45) is 3.42. The van der Waals surface area contributed by atoms with Crippen molar-refractivity contribution in [2.24, 2.45) is 5.10 Å². The molecule has 0 aromatic carbocycles. The topological polar surface area (TPSA) is 27.6 Å². The van der Waals surface area contributed by atoms with Gasteiger partial charge in [-0.05, 0) is 6.42 Å². The lowest BCUT2D eigenvalue weighted by molar-refractivity contribution is 0.288. The van der Waals surface area contributed by atoms with Crippen LogP contribution in [0, 0.1) is 0 Å². The highest BCUT2D eigenvalue weighted by atomic mass is 35.6. The van der Waals surface area contributed by atoms with Crippen molar-refractivity contribution in [1.82, 2.24) is 10.3 Å². The number of hydrazone groups is 1. The van der Waals surface area contributed by atoms with E-state index in [0.29, 0.717) is 0 Å². The Bertz CT molecular complexity index is 177. The molecule has 1 N–H and O–H groups in total. The van der Waals surface area contributed by atoms with Crippen LogP contribution in [0.5, 0.6) is 0 Å². The Morgan fingerprint density at radius 2 is 2.25 bits per heavy atom. The van der Waals surface area contributed by atoms with E-state index in [2.05, 4.69) is 17.5 Å². The Morgan fingerprint density at radius 3 is 2.75 bits per heavy atom. The number of alkyl halides is 3. The van der Waals surface area contributed by atoms with Gasteiger partial charge in [0.2, 0.25) is 0 Å². The van der Waals surface area contributed by atoms with Gasteiger partial charge in [-0.25, -0.2) is 0 Å². The van der Waals surface area contributed by atoms with Crippen LogP contribution in [0.4, 0.5) is 0 Å². The number of nitrogens with zero attached hydrogens (tertiary/aromatic N) is 2. The molecule has 6 heteroatoms. The van der Waals surface area contributed by atoms with Crippen LogP contribution in [-0.2, 0) is 0 Å². The summed E-state index contributed by atoms with van der Waals surface area (Å²) in [5.74, 6) is 0. The molecule has 1 aliphatic rings. The Morgan fingerprint density at radius 1 is 1.58 bits per heavy atom. The average molecular weight is 231 g/mol. The molecule has 1 atom stereocenters. The molecular weight excluding hydrogens is 220 g/mol. The van der Waals surface area contributed by atoms with Crippen LogP contribution in [0.15, 0.2) is 5.10 Å². The van der Waals surface area contributed by atoms with Crippen molar-refractivity contribution in [2.45, 2.75) is 29.8 Å². The molecule has 0 aliphatic carbocycles. The Balaban J connectivity index is 2.57. The van der Waals surface area contributed by atoms with E-state index in [0.717, 1.165) is 12.8 Å². The van der Waals surface area contributed by atoms with Crippen molar-refractivity contribution in [1.29, 1.82) is 0 Å². The molecule has 0 aromatic rings. The first kappa shape index (κ1) is 10.2. The largest absolute Gasteiger partial charge is 0.295 e.